The highest BCUT2D eigenvalue weighted by atomic mass is 16.7. The van der Waals surface area contributed by atoms with E-state index in [2.05, 4.69) is 27.5 Å². The van der Waals surface area contributed by atoms with Gasteiger partial charge in [-0.1, -0.05) is 56.9 Å². The Morgan fingerprint density at radius 2 is 1.83 bits per heavy atom. The smallest absolute Gasteiger partial charge is 0.344 e. The third-order valence-electron chi connectivity index (χ3n) is 15.1. The number of aliphatic imine (C=N–C) groups is 1. The van der Waals surface area contributed by atoms with Crippen molar-refractivity contribution in [3.05, 3.63) is 63.7 Å². The second-order valence-electron chi connectivity index (χ2n) is 20.2. The number of carbonyl (C=O) groups is 2. The number of guanidine groups is 1. The number of nitrogens with one attached hydrogen (secondary N) is 2. The predicted molar refractivity (Wildman–Crippen MR) is 267 cm³/mol. The maximum atomic E-state index is 14.5. The van der Waals surface area contributed by atoms with Gasteiger partial charge in [0.25, 0.3) is 0 Å². The number of benzene rings is 3. The number of hydrogen-bond acceptors (Lipinski definition) is 19. The van der Waals surface area contributed by atoms with Crippen LogP contribution >= 0.6 is 0 Å². The van der Waals surface area contributed by atoms with Crippen molar-refractivity contribution in [3.8, 4) is 46.3 Å². The van der Waals surface area contributed by atoms with E-state index in [0.717, 1.165) is 23.6 Å². The molecular formula is C53H68N4O18. The lowest BCUT2D eigenvalue weighted by molar-refractivity contribution is -0.382. The highest BCUT2D eigenvalue weighted by molar-refractivity contribution is 5.98. The number of aromatic carboxylic acids is 1. The highest BCUT2D eigenvalue weighted by Crippen LogP contribution is 2.58. The Morgan fingerprint density at radius 3 is 2.55 bits per heavy atom. The minimum Gasteiger partial charge on any atom is -0.504 e. The predicted octanol–water partition coefficient (Wildman–Crippen LogP) is 1.74. The molecule has 408 valence electrons. The highest BCUT2D eigenvalue weighted by Gasteiger charge is 2.68. The number of fused-ring (bicyclic) bond motifs is 3. The number of cyclic esters (lactones) is 1. The second-order valence-corrected chi connectivity index (χ2v) is 20.2. The van der Waals surface area contributed by atoms with E-state index < -0.39 is 126 Å². The Bertz CT molecular complexity index is 2710. The van der Waals surface area contributed by atoms with Crippen LogP contribution in [0.2, 0.25) is 0 Å². The number of carbonyl (C=O) groups excluding carboxylic acids is 1. The van der Waals surface area contributed by atoms with Gasteiger partial charge in [0.2, 0.25) is 24.1 Å². The number of rotatable bonds is 15. The largest absolute Gasteiger partial charge is 0.504 e. The van der Waals surface area contributed by atoms with E-state index in [4.69, 9.17) is 34.2 Å². The Kier molecular flexibility index (Phi) is 16.5. The number of aliphatic hydroxyl groups excluding tert-OH is 6. The molecule has 0 aliphatic carbocycles. The fourth-order valence-electron chi connectivity index (χ4n) is 11.0. The van der Waals surface area contributed by atoms with Gasteiger partial charge in [-0.2, -0.15) is 0 Å². The zero-order valence-corrected chi connectivity index (χ0v) is 42.2. The molecule has 0 unspecified atom stereocenters. The summed E-state index contributed by atoms with van der Waals surface area (Å²) in [6, 6.07) is 8.21. The summed E-state index contributed by atoms with van der Waals surface area (Å²) in [6.07, 6.45) is -11.7. The maximum Gasteiger partial charge on any atom is 0.344 e. The van der Waals surface area contributed by atoms with Crippen LogP contribution in [0.15, 0.2) is 35.3 Å². The number of anilines is 1. The van der Waals surface area contributed by atoms with E-state index in [1.807, 2.05) is 31.2 Å². The Morgan fingerprint density at radius 1 is 1.07 bits per heavy atom. The Hall–Kier alpha value is -6.29. The van der Waals surface area contributed by atoms with Crippen LogP contribution in [0.5, 0.6) is 34.5 Å². The number of phenolic OH excluding ortho intramolecular Hbond substituents is 2. The van der Waals surface area contributed by atoms with Gasteiger partial charge < -0.3 is 95.9 Å². The molecule has 0 saturated carbocycles. The molecule has 12 atom stereocenters. The minimum absolute atomic E-state index is 0.0265. The Labute approximate surface area is 433 Å². The van der Waals surface area contributed by atoms with Gasteiger partial charge in [-0.25, -0.2) is 14.6 Å². The molecule has 1 saturated heterocycles. The molecule has 22 heteroatoms. The van der Waals surface area contributed by atoms with Crippen LogP contribution < -0.4 is 35.3 Å². The van der Waals surface area contributed by atoms with Crippen LogP contribution in [0.25, 0.3) is 0 Å². The molecular weight excluding hydrogens is 981 g/mol. The number of hydrogen-bond donors (Lipinski definition) is 13. The number of nitrogens with zero attached hydrogens (tertiary/aromatic N) is 1. The number of aryl methyl sites for hydroxylation is 1. The quantitative estimate of drug-likeness (QED) is 0.0339. The van der Waals surface area contributed by atoms with Crippen LogP contribution in [0.3, 0.4) is 0 Å². The number of aromatic hydroxyl groups is 2. The summed E-state index contributed by atoms with van der Waals surface area (Å²) in [4.78, 5) is 31.9. The lowest BCUT2D eigenvalue weighted by Gasteiger charge is -2.55. The fraction of sp³-hybridized carbons (Fsp3) is 0.566. The third kappa shape index (κ3) is 10.5. The normalized spacial score (nSPS) is 29.4. The molecule has 0 radical (unpaired) electrons. The summed E-state index contributed by atoms with van der Waals surface area (Å²) in [7, 11) is 0. The first-order chi connectivity index (χ1) is 35.8. The molecule has 3 aromatic carbocycles. The van der Waals surface area contributed by atoms with Gasteiger partial charge in [0.1, 0.15) is 23.4 Å². The number of carboxylic acid groups (broad SMARTS) is 1. The summed E-state index contributed by atoms with van der Waals surface area (Å²) in [6.45, 7) is 6.83. The molecule has 1 fully saturated rings. The summed E-state index contributed by atoms with van der Waals surface area (Å²) >= 11 is 0. The van der Waals surface area contributed by atoms with Crippen LogP contribution in [-0.2, 0) is 28.7 Å². The van der Waals surface area contributed by atoms with Crippen LogP contribution in [0.1, 0.15) is 109 Å². The third-order valence-corrected chi connectivity index (χ3v) is 15.1. The average Bonchev–Trinajstić information content (AvgIpc) is 3.65. The van der Waals surface area contributed by atoms with Crippen molar-refractivity contribution in [3.63, 3.8) is 0 Å². The van der Waals surface area contributed by atoms with Crippen LogP contribution in [-0.4, -0.2) is 156 Å². The van der Waals surface area contributed by atoms with Crippen molar-refractivity contribution >= 4 is 23.6 Å². The molecule has 1 spiro atoms. The van der Waals surface area contributed by atoms with Crippen LogP contribution in [0.4, 0.5) is 5.69 Å². The summed E-state index contributed by atoms with van der Waals surface area (Å²) in [5, 5.41) is 123. The molecule has 5 aliphatic rings. The van der Waals surface area contributed by atoms with Crippen LogP contribution in [0, 0.1) is 29.6 Å². The standard InChI is InChI=1S/C53H68N4O18/c1-5-27-10-8-11-28(20-27)13-18-71-44-40(61)37-36-32(33(59)14-19-70-43(36)41(44)62)23-53(50(68)74-47(37)66)49(67)52(69)15-9-12-29-21-30-38(57-26(4)35(29)39(60)25(2)3)31(46(64)65)22-34(42(30)73-48(75-53)45(52)63)72-24-56-51(54)55-16-6-7-17-58/h8,10-11,20,22,25-26,29,32-33,35,39,45,48-50,57-63,67-69H,5-7,13-19,21,23-24H2,1-4H3,(H,64,65)(H3,54,55,56)/t26-,29-,32+,33-,35-,39+,45-,48+,49-,50+,52+,53-/m0/s1. The van der Waals surface area contributed by atoms with E-state index in [1.165, 1.54) is 0 Å². The lowest BCUT2D eigenvalue weighted by Crippen LogP contribution is -2.76. The van der Waals surface area contributed by atoms with Crippen molar-refractivity contribution in [1.29, 1.82) is 0 Å². The molecule has 5 aliphatic heterocycles. The first-order valence-electron chi connectivity index (χ1n) is 25.3. The van der Waals surface area contributed by atoms with Gasteiger partial charge >= 0.3 is 11.9 Å². The molecule has 75 heavy (non-hydrogen) atoms. The van der Waals surface area contributed by atoms with Gasteiger partial charge in [-0.05, 0) is 56.1 Å². The number of nitrogens with two attached hydrogens (primary N) is 1. The van der Waals surface area contributed by atoms with E-state index in [0.29, 0.717) is 25.8 Å². The Balaban J connectivity index is 1.25. The monoisotopic (exact) mass is 1050 g/mol. The molecule has 14 N–H and O–H groups in total. The van der Waals surface area contributed by atoms with Gasteiger partial charge in [-0.15, -0.1) is 0 Å². The molecule has 4 bridgehead atoms. The SMILES string of the molecule is CCc1cccc(CCOc2c(O)c3c4c(c2O)C(=O)O[C@@H](O)[C@@]2(C[C@@H]4[C@@H](O)CCO3)O[C@H]3Oc4c(OCN=C(N)NCCCCO)cc(C(=O)O)c5c4C[C@H](C#CC[C@@](O)([C@H]3O)[C@@H]2O)[C@@H]([C@H](O)C(C)C)[C@H](C)N5)c1. The average molecular weight is 1050 g/mol. The van der Waals surface area contributed by atoms with Crippen molar-refractivity contribution in [1.82, 2.24) is 5.32 Å². The first kappa shape index (κ1) is 55.0. The van der Waals surface area contributed by atoms with E-state index in [-0.39, 0.29) is 84.2 Å². The van der Waals surface area contributed by atoms with Gasteiger partial charge in [0.15, 0.2) is 41.3 Å². The molecule has 3 aromatic rings. The summed E-state index contributed by atoms with van der Waals surface area (Å²) in [5.74, 6) is -3.38. The molecule has 0 aromatic heterocycles. The van der Waals surface area contributed by atoms with E-state index in [9.17, 15) is 60.7 Å². The topological polar surface area (TPSA) is 354 Å². The fourth-order valence-corrected chi connectivity index (χ4v) is 11.0. The van der Waals surface area contributed by atoms with Crippen molar-refractivity contribution in [2.75, 3.05) is 38.4 Å². The number of ether oxygens (including phenoxy) is 6. The molecule has 22 nitrogen and oxygen atoms in total. The molecule has 8 rings (SSSR count). The first-order valence-corrected chi connectivity index (χ1v) is 25.3. The number of esters is 1. The lowest BCUT2D eigenvalue weighted by atomic mass is 9.68. The number of aliphatic hydroxyl groups is 7. The van der Waals surface area contributed by atoms with Crippen molar-refractivity contribution in [2.24, 2.45) is 28.5 Å². The van der Waals surface area contributed by atoms with E-state index >= 15 is 0 Å². The summed E-state index contributed by atoms with van der Waals surface area (Å²) in [5.41, 5.74) is 1.35. The number of phenols is 2. The maximum absolute atomic E-state index is 14.5. The van der Waals surface area contributed by atoms with Gasteiger partial charge in [-0.3, -0.25) is 0 Å². The zero-order chi connectivity index (χ0) is 54.1. The van der Waals surface area contributed by atoms with Crippen molar-refractivity contribution in [2.45, 2.75) is 139 Å². The molecule has 0 amide bonds. The molecule has 5 heterocycles. The summed E-state index contributed by atoms with van der Waals surface area (Å²) < 4.78 is 36.7. The number of carboxylic acids is 1. The van der Waals surface area contributed by atoms with Gasteiger partial charge in [0.05, 0.1) is 36.7 Å². The second kappa shape index (κ2) is 22.5. The minimum atomic E-state index is -2.85. The zero-order valence-electron chi connectivity index (χ0n) is 42.2. The van der Waals surface area contributed by atoms with Crippen molar-refractivity contribution < 1.29 is 89.1 Å². The number of unbranched alkanes of at least 4 members (excludes halogenated alkanes) is 1. The van der Waals surface area contributed by atoms with E-state index in [1.54, 1.807) is 20.8 Å². The van der Waals surface area contributed by atoms with Gasteiger partial charge in [0, 0.05) is 73.4 Å².